The fraction of sp³-hybridized carbons (Fsp3) is 0.0556. The van der Waals surface area contributed by atoms with Crippen molar-refractivity contribution < 1.29 is 4.74 Å². The van der Waals surface area contributed by atoms with Gasteiger partial charge < -0.3 is 4.74 Å². The second-order valence-electron chi connectivity index (χ2n) is 5.25. The van der Waals surface area contributed by atoms with Crippen LogP contribution in [0.1, 0.15) is 10.6 Å². The Morgan fingerprint density at radius 3 is 2.72 bits per heavy atom. The number of benzene rings is 2. The molecule has 0 radical (unpaired) electrons. The molecule has 0 spiro atoms. The number of ether oxygens (including phenoxy) is 1. The predicted molar refractivity (Wildman–Crippen MR) is 101 cm³/mol. The van der Waals surface area contributed by atoms with E-state index < -0.39 is 0 Å². The smallest absolute Gasteiger partial charge is 0.235 e. The van der Waals surface area contributed by atoms with Crippen LogP contribution in [0.2, 0.25) is 5.02 Å². The Morgan fingerprint density at radius 2 is 1.92 bits per heavy atom. The Hall–Kier alpha value is -2.70. The second-order valence-corrected chi connectivity index (χ2v) is 6.67. The fourth-order valence-electron chi connectivity index (χ4n) is 2.45. The van der Waals surface area contributed by atoms with E-state index in [1.54, 1.807) is 29.8 Å². The maximum Gasteiger partial charge on any atom is 0.235 e. The van der Waals surface area contributed by atoms with Crippen molar-refractivity contribution in [2.24, 2.45) is 0 Å². The predicted octanol–water partition coefficient (Wildman–Crippen LogP) is 4.69. The molecule has 0 aliphatic heterocycles. The third-order valence-corrected chi connectivity index (χ3v) is 4.73. The van der Waals surface area contributed by atoms with E-state index in [0.717, 1.165) is 16.1 Å². The van der Waals surface area contributed by atoms with Crippen molar-refractivity contribution in [1.82, 2.24) is 19.8 Å². The second kappa shape index (κ2) is 6.66. The van der Waals surface area contributed by atoms with Crippen LogP contribution in [-0.4, -0.2) is 26.9 Å². The highest BCUT2D eigenvalue weighted by Crippen LogP contribution is 2.32. The summed E-state index contributed by atoms with van der Waals surface area (Å²) >= 11 is 7.59. The van der Waals surface area contributed by atoms with Crippen LogP contribution in [0.5, 0.6) is 5.75 Å². The van der Waals surface area contributed by atoms with E-state index in [-0.39, 0.29) is 0 Å². The molecule has 0 unspecified atom stereocenters. The van der Waals surface area contributed by atoms with Gasteiger partial charge in [0.05, 0.1) is 12.7 Å². The van der Waals surface area contributed by atoms with Crippen LogP contribution in [-0.2, 0) is 0 Å². The van der Waals surface area contributed by atoms with Gasteiger partial charge in [-0.05, 0) is 29.8 Å². The number of halogens is 1. The van der Waals surface area contributed by atoms with Gasteiger partial charge in [0.1, 0.15) is 10.8 Å². The zero-order chi connectivity index (χ0) is 17.2. The lowest BCUT2D eigenvalue weighted by Crippen LogP contribution is -1.94. The van der Waals surface area contributed by atoms with E-state index in [2.05, 4.69) is 15.3 Å². The highest BCUT2D eigenvalue weighted by atomic mass is 35.5. The molecule has 7 heteroatoms. The van der Waals surface area contributed by atoms with Gasteiger partial charge in [0.25, 0.3) is 0 Å². The quantitative estimate of drug-likeness (QED) is 0.524. The van der Waals surface area contributed by atoms with Crippen LogP contribution >= 0.6 is 22.9 Å². The first-order chi connectivity index (χ1) is 12.2. The molecule has 124 valence electrons. The van der Waals surface area contributed by atoms with Crippen molar-refractivity contribution >= 4 is 40.1 Å². The van der Waals surface area contributed by atoms with Crippen molar-refractivity contribution in [2.45, 2.75) is 0 Å². The van der Waals surface area contributed by atoms with Crippen molar-refractivity contribution in [1.29, 1.82) is 0 Å². The summed E-state index contributed by atoms with van der Waals surface area (Å²) in [6, 6.07) is 15.5. The summed E-state index contributed by atoms with van der Waals surface area (Å²) in [7, 11) is 1.61. The van der Waals surface area contributed by atoms with Crippen LogP contribution in [0.25, 0.3) is 28.5 Å². The van der Waals surface area contributed by atoms with Crippen molar-refractivity contribution in [2.75, 3.05) is 7.11 Å². The SMILES string of the molecule is COc1ccc(Cl)cc1-c1nnc2sc(/C=C/c3ccccc3)nn12. The Labute approximate surface area is 153 Å². The molecule has 0 amide bonds. The van der Waals surface area contributed by atoms with Crippen LogP contribution in [0, 0.1) is 0 Å². The van der Waals surface area contributed by atoms with Crippen molar-refractivity contribution in [3.8, 4) is 17.1 Å². The molecule has 0 fully saturated rings. The average Bonchev–Trinajstić information content (AvgIpc) is 3.21. The summed E-state index contributed by atoms with van der Waals surface area (Å²) in [4.78, 5) is 0.713. The maximum atomic E-state index is 6.12. The van der Waals surface area contributed by atoms with E-state index >= 15 is 0 Å². The lowest BCUT2D eigenvalue weighted by Gasteiger charge is -2.06. The van der Waals surface area contributed by atoms with Crippen LogP contribution < -0.4 is 4.74 Å². The number of rotatable bonds is 4. The molecule has 0 saturated heterocycles. The Kier molecular flexibility index (Phi) is 4.21. The normalized spacial score (nSPS) is 11.4. The molecular formula is C18H13ClN4OS. The molecule has 4 aromatic rings. The summed E-state index contributed by atoms with van der Waals surface area (Å²) < 4.78 is 7.12. The van der Waals surface area contributed by atoms with E-state index in [1.807, 2.05) is 42.5 Å². The van der Waals surface area contributed by atoms with E-state index in [0.29, 0.717) is 21.6 Å². The van der Waals surface area contributed by atoms with Gasteiger partial charge in [-0.1, -0.05) is 59.3 Å². The van der Waals surface area contributed by atoms with Crippen LogP contribution in [0.4, 0.5) is 0 Å². The molecule has 2 aromatic carbocycles. The minimum atomic E-state index is 0.602. The minimum absolute atomic E-state index is 0.602. The Bertz CT molecular complexity index is 1060. The molecular weight excluding hydrogens is 356 g/mol. The van der Waals surface area contributed by atoms with Gasteiger partial charge in [0.15, 0.2) is 5.82 Å². The highest BCUT2D eigenvalue weighted by molar-refractivity contribution is 7.17. The van der Waals surface area contributed by atoms with Crippen molar-refractivity contribution in [3.05, 3.63) is 64.1 Å². The summed E-state index contributed by atoms with van der Waals surface area (Å²) in [6.07, 6.45) is 3.99. The number of aromatic nitrogens is 4. The number of hydrogen-bond donors (Lipinski definition) is 0. The van der Waals surface area contributed by atoms with E-state index in [1.165, 1.54) is 11.3 Å². The van der Waals surface area contributed by atoms with Crippen LogP contribution in [0.15, 0.2) is 48.5 Å². The first kappa shape index (κ1) is 15.8. The minimum Gasteiger partial charge on any atom is -0.496 e. The number of methoxy groups -OCH3 is 1. The lowest BCUT2D eigenvalue weighted by molar-refractivity contribution is 0.416. The number of nitrogens with zero attached hydrogens (tertiary/aromatic N) is 4. The largest absolute Gasteiger partial charge is 0.496 e. The average molecular weight is 369 g/mol. The van der Waals surface area contributed by atoms with E-state index in [4.69, 9.17) is 16.3 Å². The zero-order valence-electron chi connectivity index (χ0n) is 13.3. The topological polar surface area (TPSA) is 52.3 Å². The van der Waals surface area contributed by atoms with Gasteiger partial charge in [0.2, 0.25) is 4.96 Å². The standard InChI is InChI=1S/C18H13ClN4OS/c1-24-15-9-8-13(19)11-14(15)17-20-21-18-23(17)22-16(25-18)10-7-12-5-3-2-4-6-12/h2-11H,1H3/b10-7+. The number of fused-ring (bicyclic) bond motifs is 1. The highest BCUT2D eigenvalue weighted by Gasteiger charge is 2.16. The molecule has 25 heavy (non-hydrogen) atoms. The monoisotopic (exact) mass is 368 g/mol. The molecule has 0 saturated carbocycles. The van der Waals surface area contributed by atoms with Crippen LogP contribution in [0.3, 0.4) is 0 Å². The van der Waals surface area contributed by atoms with Gasteiger partial charge >= 0.3 is 0 Å². The first-order valence-electron chi connectivity index (χ1n) is 7.54. The van der Waals surface area contributed by atoms with Gasteiger partial charge in [-0.15, -0.1) is 10.2 Å². The summed E-state index contributed by atoms with van der Waals surface area (Å²) in [5, 5.41) is 14.5. The molecule has 0 N–H and O–H groups in total. The fourth-order valence-corrected chi connectivity index (χ4v) is 3.37. The molecule has 0 bridgehead atoms. The van der Waals surface area contributed by atoms with Gasteiger partial charge in [-0.25, -0.2) is 0 Å². The third kappa shape index (κ3) is 3.14. The van der Waals surface area contributed by atoms with Gasteiger partial charge in [-0.3, -0.25) is 0 Å². The number of hydrogen-bond acceptors (Lipinski definition) is 5. The maximum absolute atomic E-state index is 6.12. The third-order valence-electron chi connectivity index (χ3n) is 3.63. The molecule has 0 aliphatic carbocycles. The summed E-state index contributed by atoms with van der Waals surface area (Å²) in [6.45, 7) is 0. The molecule has 2 heterocycles. The molecule has 4 rings (SSSR count). The van der Waals surface area contributed by atoms with Crippen molar-refractivity contribution in [3.63, 3.8) is 0 Å². The zero-order valence-corrected chi connectivity index (χ0v) is 14.8. The molecule has 0 atom stereocenters. The Balaban J connectivity index is 1.74. The van der Waals surface area contributed by atoms with E-state index in [9.17, 15) is 0 Å². The summed E-state index contributed by atoms with van der Waals surface area (Å²) in [5.74, 6) is 1.28. The summed E-state index contributed by atoms with van der Waals surface area (Å²) in [5.41, 5.74) is 1.87. The lowest BCUT2D eigenvalue weighted by atomic mass is 10.2. The molecule has 2 aromatic heterocycles. The van der Waals surface area contributed by atoms with Gasteiger partial charge in [0, 0.05) is 5.02 Å². The molecule has 5 nitrogen and oxygen atoms in total. The van der Waals surface area contributed by atoms with Gasteiger partial charge in [-0.2, -0.15) is 9.61 Å². The first-order valence-corrected chi connectivity index (χ1v) is 8.73. The molecule has 0 aliphatic rings. The Morgan fingerprint density at radius 1 is 1.08 bits per heavy atom.